The number of Topliss-reactive ketones (excluding diaryl/α,β-unsaturated/α-hetero) is 3. The molecular formula is C79H100N10O23S2. The maximum Gasteiger partial charge on any atom is 0.427 e. The highest BCUT2D eigenvalue weighted by molar-refractivity contribution is 8.76. The first kappa shape index (κ1) is 90.4. The van der Waals surface area contributed by atoms with E-state index in [0.29, 0.717) is 110 Å². The van der Waals surface area contributed by atoms with Crippen molar-refractivity contribution in [1.29, 1.82) is 0 Å². The number of ketones is 3. The van der Waals surface area contributed by atoms with Crippen molar-refractivity contribution in [3.05, 3.63) is 129 Å². The summed E-state index contributed by atoms with van der Waals surface area (Å²) in [5, 5.41) is 67.3. The van der Waals surface area contributed by atoms with E-state index in [1.165, 1.54) is 13.2 Å². The van der Waals surface area contributed by atoms with Crippen molar-refractivity contribution in [3.63, 3.8) is 0 Å². The van der Waals surface area contributed by atoms with Crippen LogP contribution in [0.3, 0.4) is 0 Å². The molecule has 7 rings (SSSR count). The van der Waals surface area contributed by atoms with Crippen LogP contribution in [0.1, 0.15) is 136 Å². The van der Waals surface area contributed by atoms with Crippen molar-refractivity contribution in [2.75, 3.05) is 64.6 Å². The highest BCUT2D eigenvalue weighted by atomic mass is 33.1. The zero-order valence-electron chi connectivity index (χ0n) is 63.8. The van der Waals surface area contributed by atoms with E-state index in [4.69, 9.17) is 25.1 Å². The summed E-state index contributed by atoms with van der Waals surface area (Å²) in [6, 6.07) is 17.6. The van der Waals surface area contributed by atoms with E-state index in [0.717, 1.165) is 51.4 Å². The molecule has 33 nitrogen and oxygen atoms in total. The average Bonchev–Trinajstić information content (AvgIpc) is 1.55. The number of aliphatic carboxylic acids is 4. The van der Waals surface area contributed by atoms with Crippen LogP contribution in [0.4, 0.5) is 9.59 Å². The first-order valence-electron chi connectivity index (χ1n) is 37.6. The fraction of sp³-hybridized carbons (Fsp3) is 0.481. The molecule has 0 spiro atoms. The van der Waals surface area contributed by atoms with Crippen molar-refractivity contribution in [3.8, 4) is 22.8 Å². The number of pyridine rings is 1. The largest absolute Gasteiger partial charge is 0.504 e. The molecule has 1 aromatic heterocycles. The molecule has 6 amide bonds. The van der Waals surface area contributed by atoms with Crippen LogP contribution in [0.5, 0.6) is 11.5 Å². The summed E-state index contributed by atoms with van der Waals surface area (Å²) in [4.78, 5) is 183. The number of rotatable bonds is 51. The summed E-state index contributed by atoms with van der Waals surface area (Å²) in [6.45, 7) is 6.94. The van der Waals surface area contributed by atoms with E-state index in [-0.39, 0.29) is 105 Å². The van der Waals surface area contributed by atoms with Gasteiger partial charge in [-0.3, -0.25) is 57.6 Å². The topological polar surface area (TPSA) is 496 Å². The monoisotopic (exact) mass is 1620 g/mol. The Morgan fingerprint density at radius 3 is 1.93 bits per heavy atom. The number of hydrogen-bond acceptors (Lipinski definition) is 24. The summed E-state index contributed by atoms with van der Waals surface area (Å²) in [7, 11) is 3.56. The lowest BCUT2D eigenvalue weighted by molar-refractivity contribution is -0.144. The lowest BCUT2D eigenvalue weighted by Gasteiger charge is -2.26. The van der Waals surface area contributed by atoms with E-state index < -0.39 is 133 Å². The number of methoxy groups -OCH3 is 1. The van der Waals surface area contributed by atoms with Crippen molar-refractivity contribution in [2.24, 2.45) is 22.7 Å². The van der Waals surface area contributed by atoms with Gasteiger partial charge in [-0.2, -0.15) is 5.10 Å². The minimum absolute atomic E-state index is 0.00928. The van der Waals surface area contributed by atoms with Gasteiger partial charge in [0.25, 0.3) is 12.0 Å². The van der Waals surface area contributed by atoms with Gasteiger partial charge in [0.05, 0.1) is 56.9 Å². The number of fused-ring (bicyclic) bond motifs is 5. The number of aromatic hydroxyl groups is 1. The Bertz CT molecular complexity index is 4310. The Kier molecular flexibility index (Phi) is 36.8. The number of phenols is 1. The predicted molar refractivity (Wildman–Crippen MR) is 422 cm³/mol. The molecule has 13 N–H and O–H groups in total. The Labute approximate surface area is 665 Å². The molecule has 0 saturated carbocycles. The van der Waals surface area contributed by atoms with Gasteiger partial charge in [-0.25, -0.2) is 19.8 Å². The Morgan fingerprint density at radius 1 is 0.649 bits per heavy atom. The van der Waals surface area contributed by atoms with E-state index in [1.807, 2.05) is 26.0 Å². The number of hydrazone groups is 1. The van der Waals surface area contributed by atoms with Crippen LogP contribution in [0, 0.1) is 25.7 Å². The fourth-order valence-electron chi connectivity index (χ4n) is 13.1. The number of amides is 6. The molecule has 616 valence electrons. The molecule has 0 unspecified atom stereocenters. The molecule has 7 atom stereocenters. The third-order valence-electron chi connectivity index (χ3n) is 19.3. The van der Waals surface area contributed by atoms with Crippen LogP contribution in [-0.4, -0.2) is 213 Å². The molecular weight excluding hydrogens is 1520 g/mol. The zero-order valence-corrected chi connectivity index (χ0v) is 65.5. The van der Waals surface area contributed by atoms with Crippen LogP contribution in [0.2, 0.25) is 0 Å². The number of urea groups is 1. The van der Waals surface area contributed by atoms with Crippen LogP contribution in [0.25, 0.3) is 22.0 Å². The van der Waals surface area contributed by atoms with Crippen LogP contribution in [0.15, 0.2) is 94.8 Å². The van der Waals surface area contributed by atoms with Gasteiger partial charge in [-0.05, 0) is 98.2 Å². The van der Waals surface area contributed by atoms with Gasteiger partial charge in [-0.1, -0.05) is 114 Å². The lowest BCUT2D eigenvalue weighted by atomic mass is 9.89. The molecule has 1 aliphatic carbocycles. The van der Waals surface area contributed by atoms with Gasteiger partial charge in [0.15, 0.2) is 29.3 Å². The summed E-state index contributed by atoms with van der Waals surface area (Å²) in [5.41, 5.74) is 14.0. The third-order valence-corrected chi connectivity index (χ3v) is 21.8. The number of carbonyl (C=O) groups excluding carboxylic acids is 9. The number of phenolic OH excluding ortho intramolecular Hbond substituents is 1. The van der Waals surface area contributed by atoms with Gasteiger partial charge in [0.2, 0.25) is 17.7 Å². The second kappa shape index (κ2) is 46.4. The maximum absolute atomic E-state index is 14.5. The van der Waals surface area contributed by atoms with Gasteiger partial charge >= 0.3 is 36.0 Å². The number of carbonyl (C=O) groups is 13. The molecule has 0 radical (unpaired) electrons. The number of aryl methyl sites for hydroxylation is 2. The normalized spacial score (nSPS) is 14.6. The number of benzene rings is 4. The highest BCUT2D eigenvalue weighted by Crippen LogP contribution is 2.45. The summed E-state index contributed by atoms with van der Waals surface area (Å²) >= 11 is 0. The van der Waals surface area contributed by atoms with E-state index in [9.17, 15) is 87.5 Å². The molecule has 114 heavy (non-hydrogen) atoms. The number of ether oxygens (including phenoxy) is 4. The second-order valence-electron chi connectivity index (χ2n) is 27.8. The molecule has 4 aromatic carbocycles. The summed E-state index contributed by atoms with van der Waals surface area (Å²) < 4.78 is 22.8. The third kappa shape index (κ3) is 28.7. The quantitative estimate of drug-likeness (QED) is 0.00675. The number of unbranched alkanes of at least 4 members (excludes halogenated alkanes) is 5. The van der Waals surface area contributed by atoms with E-state index >= 15 is 0 Å². The predicted octanol–water partition coefficient (Wildman–Crippen LogP) is 6.09. The number of hydrogen-bond donors (Lipinski definition) is 12. The molecule has 35 heteroatoms. The summed E-state index contributed by atoms with van der Waals surface area (Å²) in [5.74, 6) is -11.8. The Hall–Kier alpha value is -10.8. The molecule has 2 aliphatic rings. The van der Waals surface area contributed by atoms with Crippen molar-refractivity contribution < 1.29 is 107 Å². The zero-order chi connectivity index (χ0) is 82.8. The number of nitrogens with one attached hydrogen (secondary N) is 6. The standard InChI is InChI=1S/C79H100N10O23S2/c1-47-35-54-57(36-48(47)2)75(102)89(28-16-27-88-29-31-110-32-30-88)72-56-42-65(109-3)64(94)41-55(56)71(70(54)72)86-87-79(108)111-33-34-113-114-45-52(76(103)104)40-63(93)61(43-69(98)99)83-74(101)58(80)44-81-73(100)51(37-49-17-10-8-11-18-49)39-62(92)60(38-50-19-12-9-13-20-50)82-66(95)22-15-7-5-4-6-14-21-53(91)23-24-59(77(105)106)84-78(107)85-67(112-46-90)25-26-68(96)97/h8-13,17-20,35-36,41-42,46,51-52,58-61,67,94H,4-7,14-16,21-34,37-40,43-45,80H2,1-3H3,(H,81,100)(H,82,95)(H,83,101)(H,87,108)(H,96,97)(H,98,99)(H,103,104)(H,105,106)(H2,84,85,107)/b86-71+/t51-,52+,58+,59+,60+,61+,67-/m1/s1. The SMILES string of the molecule is COc1cc2c(cc1O)/C(=N\NC(=O)OCCSSC[C@H](CC(=O)[C@H](CC(=O)O)NC(=O)[C@@H](N)CNC(=O)[C@@H](CC(=O)[C@H](Cc1ccccc1)NC(=O)CCCCCCCCC(=O)CC[C@H](NC(=O)N[C@@H](CCC(=O)O)OC=O)C(=O)O)Cc1ccccc1)C(=O)O)c1c-2n(CCCN2CCOCC2)c(=O)c2cc(C)c(C)cc12. The molecule has 2 heterocycles. The minimum atomic E-state index is -1.74. The fourth-order valence-corrected chi connectivity index (χ4v) is 15.2. The van der Waals surface area contributed by atoms with Crippen LogP contribution >= 0.6 is 21.6 Å². The van der Waals surface area contributed by atoms with Crippen LogP contribution in [-0.2, 0) is 86.3 Å². The Morgan fingerprint density at radius 2 is 1.29 bits per heavy atom. The molecule has 0 bridgehead atoms. The number of carboxylic acids is 4. The van der Waals surface area contributed by atoms with Gasteiger partial charge in [-0.15, -0.1) is 0 Å². The van der Waals surface area contributed by atoms with E-state index in [1.54, 1.807) is 71.3 Å². The van der Waals surface area contributed by atoms with Gasteiger partial charge in [0.1, 0.15) is 30.2 Å². The smallest absolute Gasteiger partial charge is 0.427 e. The van der Waals surface area contributed by atoms with Gasteiger partial charge in [0, 0.05) is 111 Å². The van der Waals surface area contributed by atoms with Crippen molar-refractivity contribution in [1.82, 2.24) is 41.5 Å². The first-order valence-corrected chi connectivity index (χ1v) is 40.1. The minimum Gasteiger partial charge on any atom is -0.504 e. The molecule has 5 aromatic rings. The lowest BCUT2D eigenvalue weighted by Crippen LogP contribution is -2.53. The molecule has 1 fully saturated rings. The number of nitrogens with two attached hydrogens (primary N) is 1. The van der Waals surface area contributed by atoms with Crippen LogP contribution < -0.4 is 48.0 Å². The number of nitrogens with zero attached hydrogens (tertiary/aromatic N) is 3. The van der Waals surface area contributed by atoms with Crippen molar-refractivity contribution in [2.45, 2.75) is 166 Å². The van der Waals surface area contributed by atoms with Crippen molar-refractivity contribution >= 4 is 116 Å². The summed E-state index contributed by atoms with van der Waals surface area (Å²) in [6.07, 6.45) is -0.715. The van der Waals surface area contributed by atoms with Gasteiger partial charge < -0.3 is 81.4 Å². The second-order valence-corrected chi connectivity index (χ2v) is 30.4. The highest BCUT2D eigenvalue weighted by Gasteiger charge is 2.36. The number of morpholine rings is 1. The molecule has 1 aliphatic heterocycles. The van der Waals surface area contributed by atoms with E-state index in [2.05, 4.69) is 46.7 Å². The molecule has 1 saturated heterocycles. The first-order chi connectivity index (χ1) is 54.6. The Balaban J connectivity index is 0.869. The number of aromatic nitrogens is 1. The maximum atomic E-state index is 14.5. The number of carboxylic acid groups (broad SMARTS) is 4. The average molecular weight is 1620 g/mol.